The minimum atomic E-state index is -5.01. The van der Waals surface area contributed by atoms with Gasteiger partial charge in [0, 0.05) is 31.6 Å². The van der Waals surface area contributed by atoms with Crippen molar-refractivity contribution in [1.29, 1.82) is 0 Å². The van der Waals surface area contributed by atoms with Crippen LogP contribution in [0.5, 0.6) is 0 Å². The molecule has 0 saturated carbocycles. The molecule has 0 radical (unpaired) electrons. The van der Waals surface area contributed by atoms with Gasteiger partial charge in [-0.05, 0) is 66.8 Å². The number of likely N-dealkylation sites (tertiary alicyclic amines) is 1. The number of hydrogen-bond donors (Lipinski definition) is 1. The highest BCUT2D eigenvalue weighted by Gasteiger charge is 2.39. The Morgan fingerprint density at radius 1 is 0.975 bits per heavy atom. The summed E-state index contributed by atoms with van der Waals surface area (Å²) < 4.78 is 93.7. The molecule has 0 aromatic heterocycles. The van der Waals surface area contributed by atoms with Crippen molar-refractivity contribution >= 4 is 11.9 Å². The van der Waals surface area contributed by atoms with Crippen LogP contribution in [0.15, 0.2) is 36.4 Å². The van der Waals surface area contributed by atoms with Crippen molar-refractivity contribution in [3.63, 3.8) is 0 Å². The largest absolute Gasteiger partial charge is 0.416 e. The number of carbonyl (C=O) groups excluding carboxylic acids is 2. The van der Waals surface area contributed by atoms with Crippen molar-refractivity contribution in [2.24, 2.45) is 5.41 Å². The maximum atomic E-state index is 13.8. The lowest BCUT2D eigenvalue weighted by molar-refractivity contribution is -0.143. The fourth-order valence-electron chi connectivity index (χ4n) is 4.71. The van der Waals surface area contributed by atoms with Crippen molar-refractivity contribution < 1.29 is 40.3 Å². The zero-order valence-electron chi connectivity index (χ0n) is 22.8. The lowest BCUT2D eigenvalue weighted by Gasteiger charge is -2.42. The molecule has 220 valence electrons. The van der Waals surface area contributed by atoms with Crippen LogP contribution < -0.4 is 5.32 Å². The smallest absolute Gasteiger partial charge is 0.353 e. The highest BCUT2D eigenvalue weighted by molar-refractivity contribution is 5.81. The highest BCUT2D eigenvalue weighted by atomic mass is 19.4. The van der Waals surface area contributed by atoms with E-state index in [4.69, 9.17) is 0 Å². The first-order chi connectivity index (χ1) is 18.3. The maximum absolute atomic E-state index is 13.8. The summed E-state index contributed by atoms with van der Waals surface area (Å²) in [6.45, 7) is 6.59. The van der Waals surface area contributed by atoms with Crippen LogP contribution in [-0.2, 0) is 23.7 Å². The zero-order chi connectivity index (χ0) is 30.2. The molecule has 5 nitrogen and oxygen atoms in total. The van der Waals surface area contributed by atoms with E-state index < -0.39 is 53.3 Å². The number of hydrogen-bond acceptors (Lipinski definition) is 2. The van der Waals surface area contributed by atoms with E-state index in [0.717, 1.165) is 4.90 Å². The van der Waals surface area contributed by atoms with Crippen LogP contribution in [0, 0.1) is 18.2 Å². The highest BCUT2D eigenvalue weighted by Crippen LogP contribution is 2.38. The third-order valence-corrected chi connectivity index (χ3v) is 6.85. The second-order valence-corrected chi connectivity index (χ2v) is 11.2. The standard InChI is InChI=1S/C28H32F7N3O2/c1-16-10-20(29)6-7-22(16)23-14-21(36-24(39)26(2,3)4)8-9-38(23)25(40)37(5)15-17-11-18(27(30,31)32)13-19(12-17)28(33,34)35/h6-7,10-13,21,23H,8-9,14-15H2,1-5H3,(H,36,39)/t21-,23+/m0/s1. The fourth-order valence-corrected chi connectivity index (χ4v) is 4.71. The van der Waals surface area contributed by atoms with E-state index >= 15 is 0 Å². The summed E-state index contributed by atoms with van der Waals surface area (Å²) >= 11 is 0. The number of aryl methyl sites for hydroxylation is 1. The molecule has 3 amide bonds. The molecule has 0 aliphatic carbocycles. The first kappa shape index (κ1) is 31.2. The molecular formula is C28H32F7N3O2. The minimum Gasteiger partial charge on any atom is -0.353 e. The second kappa shape index (κ2) is 11.3. The second-order valence-electron chi connectivity index (χ2n) is 11.2. The number of halogens is 7. The molecule has 12 heteroatoms. The molecule has 2 atom stereocenters. The third-order valence-electron chi connectivity index (χ3n) is 6.85. The van der Waals surface area contributed by atoms with Crippen LogP contribution in [0.2, 0.25) is 0 Å². The van der Waals surface area contributed by atoms with Crippen molar-refractivity contribution in [3.05, 3.63) is 70.0 Å². The number of urea groups is 1. The van der Waals surface area contributed by atoms with Gasteiger partial charge in [-0.2, -0.15) is 26.3 Å². The van der Waals surface area contributed by atoms with Crippen LogP contribution in [0.3, 0.4) is 0 Å². The van der Waals surface area contributed by atoms with E-state index in [1.807, 2.05) is 0 Å². The van der Waals surface area contributed by atoms with E-state index in [1.165, 1.54) is 30.1 Å². The van der Waals surface area contributed by atoms with Gasteiger partial charge in [0.15, 0.2) is 0 Å². The molecule has 1 saturated heterocycles. The van der Waals surface area contributed by atoms with E-state index in [-0.39, 0.29) is 36.5 Å². The molecule has 1 heterocycles. The lowest BCUT2D eigenvalue weighted by atomic mass is 9.88. The van der Waals surface area contributed by atoms with E-state index in [0.29, 0.717) is 29.7 Å². The van der Waals surface area contributed by atoms with Gasteiger partial charge < -0.3 is 15.1 Å². The monoisotopic (exact) mass is 575 g/mol. The lowest BCUT2D eigenvalue weighted by Crippen LogP contribution is -2.52. The van der Waals surface area contributed by atoms with E-state index in [9.17, 15) is 40.3 Å². The van der Waals surface area contributed by atoms with Gasteiger partial charge in [-0.1, -0.05) is 26.8 Å². The Hall–Kier alpha value is -3.31. The van der Waals surface area contributed by atoms with Gasteiger partial charge in [-0.25, -0.2) is 9.18 Å². The molecule has 0 spiro atoms. The molecule has 3 rings (SSSR count). The average Bonchev–Trinajstić information content (AvgIpc) is 2.81. The van der Waals surface area contributed by atoms with Crippen molar-refractivity contribution in [1.82, 2.24) is 15.1 Å². The summed E-state index contributed by atoms with van der Waals surface area (Å²) in [7, 11) is 1.29. The summed E-state index contributed by atoms with van der Waals surface area (Å²) in [6, 6.07) is 3.74. The number of alkyl halides is 6. The summed E-state index contributed by atoms with van der Waals surface area (Å²) in [5.41, 5.74) is -2.74. The predicted octanol–water partition coefficient (Wildman–Crippen LogP) is 7.09. The van der Waals surface area contributed by atoms with E-state index in [1.54, 1.807) is 27.7 Å². The third kappa shape index (κ3) is 7.45. The van der Waals surface area contributed by atoms with Gasteiger partial charge in [0.1, 0.15) is 5.82 Å². The first-order valence-electron chi connectivity index (χ1n) is 12.6. The molecule has 1 N–H and O–H groups in total. The Labute approximate surface area is 228 Å². The van der Waals surface area contributed by atoms with Crippen LogP contribution in [0.25, 0.3) is 0 Å². The maximum Gasteiger partial charge on any atom is 0.416 e. The van der Waals surface area contributed by atoms with E-state index in [2.05, 4.69) is 5.32 Å². The van der Waals surface area contributed by atoms with Gasteiger partial charge in [0.05, 0.1) is 17.2 Å². The van der Waals surface area contributed by atoms with Gasteiger partial charge in [0.2, 0.25) is 5.91 Å². The molecule has 2 aromatic carbocycles. The number of amides is 3. The number of piperidine rings is 1. The van der Waals surface area contributed by atoms with Gasteiger partial charge >= 0.3 is 18.4 Å². The number of carbonyl (C=O) groups is 2. The normalized spacial score (nSPS) is 18.4. The van der Waals surface area contributed by atoms with Crippen LogP contribution in [0.4, 0.5) is 35.5 Å². The number of nitrogens with one attached hydrogen (secondary N) is 1. The molecule has 1 fully saturated rings. The van der Waals surface area contributed by atoms with Crippen LogP contribution in [-0.4, -0.2) is 41.4 Å². The Bertz CT molecular complexity index is 1220. The SMILES string of the molecule is Cc1cc(F)ccc1[C@H]1C[C@@H](NC(=O)C(C)(C)C)CCN1C(=O)N(C)Cc1cc(C(F)(F)F)cc(C(F)(F)F)c1. The van der Waals surface area contributed by atoms with Crippen molar-refractivity contribution in [3.8, 4) is 0 Å². The van der Waals surface area contributed by atoms with Gasteiger partial charge in [0.25, 0.3) is 0 Å². The molecule has 1 aliphatic rings. The summed E-state index contributed by atoms with van der Waals surface area (Å²) in [6.07, 6.45) is -9.36. The number of rotatable bonds is 4. The summed E-state index contributed by atoms with van der Waals surface area (Å²) in [5.74, 6) is -0.663. The quantitative estimate of drug-likeness (QED) is 0.396. The zero-order valence-corrected chi connectivity index (χ0v) is 22.8. The van der Waals surface area contributed by atoms with Crippen LogP contribution >= 0.6 is 0 Å². The average molecular weight is 576 g/mol. The van der Waals surface area contributed by atoms with Crippen molar-refractivity contribution in [2.75, 3.05) is 13.6 Å². The Kier molecular flexibility index (Phi) is 8.81. The Morgan fingerprint density at radius 3 is 2.05 bits per heavy atom. The molecule has 0 unspecified atom stereocenters. The van der Waals surface area contributed by atoms with Gasteiger partial charge in [-0.15, -0.1) is 0 Å². The van der Waals surface area contributed by atoms with Gasteiger partial charge in [-0.3, -0.25) is 4.79 Å². The minimum absolute atomic E-state index is 0.0370. The first-order valence-corrected chi connectivity index (χ1v) is 12.6. The topological polar surface area (TPSA) is 52.7 Å². The molecular weight excluding hydrogens is 543 g/mol. The predicted molar refractivity (Wildman–Crippen MR) is 135 cm³/mol. The molecule has 1 aliphatic heterocycles. The summed E-state index contributed by atoms with van der Waals surface area (Å²) in [4.78, 5) is 28.7. The summed E-state index contributed by atoms with van der Waals surface area (Å²) in [5, 5.41) is 2.98. The molecule has 2 aromatic rings. The number of benzene rings is 2. The Morgan fingerprint density at radius 2 is 1.55 bits per heavy atom. The van der Waals surface area contributed by atoms with Crippen LogP contribution in [0.1, 0.15) is 67.5 Å². The fraction of sp³-hybridized carbons (Fsp3) is 0.500. The number of nitrogens with zero attached hydrogens (tertiary/aromatic N) is 2. The Balaban J connectivity index is 1.91. The molecule has 40 heavy (non-hydrogen) atoms. The molecule has 0 bridgehead atoms. The van der Waals surface area contributed by atoms with Crippen molar-refractivity contribution in [2.45, 2.75) is 71.5 Å².